The normalized spacial score (nSPS) is 10.3. The van der Waals surface area contributed by atoms with Gasteiger partial charge in [-0.25, -0.2) is 0 Å². The van der Waals surface area contributed by atoms with Gasteiger partial charge in [-0.05, 0) is 37.3 Å². The number of methoxy groups -OCH3 is 1. The summed E-state index contributed by atoms with van der Waals surface area (Å²) in [5.41, 5.74) is 1.91. The van der Waals surface area contributed by atoms with E-state index in [0.29, 0.717) is 17.0 Å². The summed E-state index contributed by atoms with van der Waals surface area (Å²) >= 11 is 1.56. The number of aryl methyl sites for hydroxylation is 1. The molecule has 0 spiro atoms. The first-order chi connectivity index (χ1) is 11.1. The first-order valence-electron chi connectivity index (χ1n) is 7.01. The summed E-state index contributed by atoms with van der Waals surface area (Å²) in [5.74, 6) is 0.709. The fourth-order valence-corrected chi connectivity index (χ4v) is 3.28. The zero-order chi connectivity index (χ0) is 16.4. The van der Waals surface area contributed by atoms with Gasteiger partial charge in [0.25, 0.3) is 5.56 Å². The molecule has 0 saturated carbocycles. The molecule has 3 rings (SSSR count). The van der Waals surface area contributed by atoms with Gasteiger partial charge in [-0.15, -0.1) is 11.3 Å². The van der Waals surface area contributed by atoms with Gasteiger partial charge in [0.2, 0.25) is 0 Å². The van der Waals surface area contributed by atoms with Crippen molar-refractivity contribution in [1.82, 2.24) is 4.98 Å². The molecule has 0 atom stereocenters. The molecule has 4 nitrogen and oxygen atoms in total. The van der Waals surface area contributed by atoms with Crippen LogP contribution in [0.3, 0.4) is 0 Å². The van der Waals surface area contributed by atoms with Crippen LogP contribution in [-0.2, 0) is 0 Å². The van der Waals surface area contributed by atoms with Gasteiger partial charge in [-0.1, -0.05) is 12.1 Å². The van der Waals surface area contributed by atoms with Crippen LogP contribution >= 0.6 is 11.3 Å². The molecule has 5 heteroatoms. The zero-order valence-electron chi connectivity index (χ0n) is 12.7. The van der Waals surface area contributed by atoms with Gasteiger partial charge in [-0.2, -0.15) is 5.26 Å². The highest BCUT2D eigenvalue weighted by molar-refractivity contribution is 7.15. The van der Waals surface area contributed by atoms with E-state index in [9.17, 15) is 10.1 Å². The van der Waals surface area contributed by atoms with E-state index in [1.54, 1.807) is 18.4 Å². The Kier molecular flexibility index (Phi) is 4.00. The van der Waals surface area contributed by atoms with Crippen molar-refractivity contribution in [3.63, 3.8) is 0 Å². The minimum atomic E-state index is -0.381. The predicted octanol–water partition coefficient (Wildman–Crippen LogP) is 3.96. The molecule has 2 heterocycles. The Balaban J connectivity index is 2.22. The first kappa shape index (κ1) is 15.1. The molecule has 2 aromatic heterocycles. The Morgan fingerprint density at radius 3 is 2.70 bits per heavy atom. The number of thiophene rings is 1. The third kappa shape index (κ3) is 2.89. The van der Waals surface area contributed by atoms with Crippen molar-refractivity contribution in [2.75, 3.05) is 7.11 Å². The Bertz CT molecular complexity index is 964. The van der Waals surface area contributed by atoms with E-state index < -0.39 is 0 Å². The van der Waals surface area contributed by atoms with E-state index in [-0.39, 0.29) is 11.1 Å². The highest BCUT2D eigenvalue weighted by Crippen LogP contribution is 2.32. The maximum Gasteiger partial charge on any atom is 0.267 e. The van der Waals surface area contributed by atoms with Crippen molar-refractivity contribution in [2.24, 2.45) is 0 Å². The van der Waals surface area contributed by atoms with Crippen LogP contribution in [-0.4, -0.2) is 12.1 Å². The molecule has 0 aliphatic carbocycles. The molecule has 0 bridgehead atoms. The van der Waals surface area contributed by atoms with Crippen LogP contribution in [0.4, 0.5) is 0 Å². The summed E-state index contributed by atoms with van der Waals surface area (Å²) in [6.45, 7) is 2.00. The van der Waals surface area contributed by atoms with Crippen molar-refractivity contribution < 1.29 is 4.74 Å². The summed E-state index contributed by atoms with van der Waals surface area (Å²) in [4.78, 5) is 17.1. The number of aromatic amines is 1. The maximum absolute atomic E-state index is 12.3. The fraction of sp³-hybridized carbons (Fsp3) is 0.111. The van der Waals surface area contributed by atoms with E-state index >= 15 is 0 Å². The van der Waals surface area contributed by atoms with Crippen molar-refractivity contribution in [2.45, 2.75) is 6.92 Å². The van der Waals surface area contributed by atoms with Gasteiger partial charge < -0.3 is 9.72 Å². The monoisotopic (exact) mass is 322 g/mol. The maximum atomic E-state index is 12.3. The molecule has 0 aliphatic heterocycles. The molecular formula is C18H14N2O2S. The highest BCUT2D eigenvalue weighted by atomic mass is 32.1. The molecule has 23 heavy (non-hydrogen) atoms. The molecule has 0 amide bonds. The van der Waals surface area contributed by atoms with E-state index in [2.05, 4.69) is 4.98 Å². The molecule has 0 fully saturated rings. The first-order valence-corrected chi connectivity index (χ1v) is 7.82. The lowest BCUT2D eigenvalue weighted by atomic mass is 10.0. The van der Waals surface area contributed by atoms with Crippen molar-refractivity contribution in [3.05, 3.63) is 63.3 Å². The third-order valence-corrected chi connectivity index (χ3v) is 4.57. The fourth-order valence-electron chi connectivity index (χ4n) is 2.39. The number of ether oxygens (including phenoxy) is 1. The molecule has 0 aliphatic rings. The molecular weight excluding hydrogens is 308 g/mol. The lowest BCUT2D eigenvalue weighted by Gasteiger charge is -2.08. The van der Waals surface area contributed by atoms with Crippen LogP contribution in [0.2, 0.25) is 0 Å². The summed E-state index contributed by atoms with van der Waals surface area (Å²) < 4.78 is 5.23. The van der Waals surface area contributed by atoms with Crippen LogP contribution in [0.25, 0.3) is 21.7 Å². The van der Waals surface area contributed by atoms with Gasteiger partial charge >= 0.3 is 0 Å². The van der Waals surface area contributed by atoms with Gasteiger partial charge in [0.05, 0.1) is 7.11 Å². The number of rotatable bonds is 3. The minimum Gasteiger partial charge on any atom is -0.497 e. The number of benzene rings is 1. The second-order valence-corrected chi connectivity index (χ2v) is 6.34. The van der Waals surface area contributed by atoms with Crippen LogP contribution in [0.5, 0.6) is 5.75 Å². The minimum absolute atomic E-state index is 0.137. The second-order valence-electron chi connectivity index (χ2n) is 5.05. The van der Waals surface area contributed by atoms with Gasteiger partial charge in [0.15, 0.2) is 0 Å². The lowest BCUT2D eigenvalue weighted by molar-refractivity contribution is 0.415. The molecule has 1 aromatic carbocycles. The zero-order valence-corrected chi connectivity index (χ0v) is 13.5. The van der Waals surface area contributed by atoms with Crippen LogP contribution < -0.4 is 10.3 Å². The standard InChI is InChI=1S/C18H14N2O2S/c1-11-6-7-17(23-11)14-9-16(20-18(21)15(14)10-19)12-4-3-5-13(8-12)22-2/h3-9H,1-2H3,(H,20,21). The third-order valence-electron chi connectivity index (χ3n) is 3.53. The van der Waals surface area contributed by atoms with E-state index in [1.165, 1.54) is 0 Å². The number of hydrogen-bond acceptors (Lipinski definition) is 4. The van der Waals surface area contributed by atoms with Crippen molar-refractivity contribution in [3.8, 4) is 33.5 Å². The average molecular weight is 322 g/mol. The molecule has 1 N–H and O–H groups in total. The molecule has 0 unspecified atom stereocenters. The largest absolute Gasteiger partial charge is 0.497 e. The summed E-state index contributed by atoms with van der Waals surface area (Å²) in [5, 5.41) is 9.33. The smallest absolute Gasteiger partial charge is 0.267 e. The van der Waals surface area contributed by atoms with Gasteiger partial charge in [0, 0.05) is 26.6 Å². The summed E-state index contributed by atoms with van der Waals surface area (Å²) in [7, 11) is 1.60. The van der Waals surface area contributed by atoms with E-state index in [0.717, 1.165) is 15.3 Å². The highest BCUT2D eigenvalue weighted by Gasteiger charge is 2.14. The van der Waals surface area contributed by atoms with Crippen LogP contribution in [0, 0.1) is 18.3 Å². The molecule has 0 saturated heterocycles. The number of hydrogen-bond donors (Lipinski definition) is 1. The average Bonchev–Trinajstić information content (AvgIpc) is 3.00. The number of H-pyrrole nitrogens is 1. The lowest BCUT2D eigenvalue weighted by Crippen LogP contribution is -2.12. The number of nitrogens with zero attached hydrogens (tertiary/aromatic N) is 1. The number of aromatic nitrogens is 1. The van der Waals surface area contributed by atoms with E-state index in [4.69, 9.17) is 4.74 Å². The summed E-state index contributed by atoms with van der Waals surface area (Å²) in [6, 6.07) is 15.2. The Hall–Kier alpha value is -2.84. The molecule has 0 radical (unpaired) electrons. The number of pyridine rings is 1. The van der Waals surface area contributed by atoms with Gasteiger partial charge in [-0.3, -0.25) is 4.79 Å². The topological polar surface area (TPSA) is 65.9 Å². The van der Waals surface area contributed by atoms with Crippen LogP contribution in [0.1, 0.15) is 10.4 Å². The van der Waals surface area contributed by atoms with Crippen molar-refractivity contribution in [1.29, 1.82) is 5.26 Å². The number of nitrogens with one attached hydrogen (secondary N) is 1. The molecule has 3 aromatic rings. The van der Waals surface area contributed by atoms with E-state index in [1.807, 2.05) is 55.5 Å². The quantitative estimate of drug-likeness (QED) is 0.793. The second kappa shape index (κ2) is 6.11. The Labute approximate surface area is 137 Å². The van der Waals surface area contributed by atoms with Gasteiger partial charge in [0.1, 0.15) is 17.4 Å². The predicted molar refractivity (Wildman–Crippen MR) is 91.8 cm³/mol. The summed E-state index contributed by atoms with van der Waals surface area (Å²) in [6.07, 6.45) is 0. The number of nitriles is 1. The Morgan fingerprint density at radius 2 is 2.04 bits per heavy atom. The Morgan fingerprint density at radius 1 is 1.22 bits per heavy atom. The molecule has 114 valence electrons. The van der Waals surface area contributed by atoms with Crippen LogP contribution in [0.15, 0.2) is 47.3 Å². The SMILES string of the molecule is COc1cccc(-c2cc(-c3ccc(C)s3)c(C#N)c(=O)[nH]2)c1. The van der Waals surface area contributed by atoms with Crippen molar-refractivity contribution >= 4 is 11.3 Å².